The number of carbonyl (C=O) groups is 2. The maximum atomic E-state index is 12.5. The SMILES string of the molecule is COc1ccc2ccccc2c1CCNC(=O)[C@@H]1CC(=O)N(C2CC2)C1. The van der Waals surface area contributed by atoms with E-state index in [1.54, 1.807) is 7.11 Å². The van der Waals surface area contributed by atoms with Crippen LogP contribution in [-0.2, 0) is 16.0 Å². The zero-order valence-corrected chi connectivity index (χ0v) is 15.0. The topological polar surface area (TPSA) is 58.6 Å². The summed E-state index contributed by atoms with van der Waals surface area (Å²) in [7, 11) is 1.67. The van der Waals surface area contributed by atoms with Crippen molar-refractivity contribution in [2.75, 3.05) is 20.2 Å². The Bertz CT molecular complexity index is 844. The van der Waals surface area contributed by atoms with Crippen LogP contribution in [0.4, 0.5) is 0 Å². The standard InChI is InChI=1S/C21H24N2O3/c1-26-19-9-6-14-4-2-3-5-17(14)18(19)10-11-22-21(25)15-12-20(24)23(13-15)16-7-8-16/h2-6,9,15-16H,7-8,10-13H2,1H3,(H,22,25)/t15-/m1/s1. The fourth-order valence-electron chi connectivity index (χ4n) is 3.87. The molecule has 4 rings (SSSR count). The van der Waals surface area contributed by atoms with Gasteiger partial charge in [-0.15, -0.1) is 0 Å². The molecule has 1 saturated carbocycles. The molecule has 0 unspecified atom stereocenters. The Morgan fingerprint density at radius 2 is 2.04 bits per heavy atom. The molecule has 1 N–H and O–H groups in total. The Balaban J connectivity index is 1.39. The zero-order chi connectivity index (χ0) is 18.1. The normalized spacial score (nSPS) is 19.8. The molecule has 26 heavy (non-hydrogen) atoms. The summed E-state index contributed by atoms with van der Waals surface area (Å²) in [6.45, 7) is 1.12. The lowest BCUT2D eigenvalue weighted by molar-refractivity contribution is -0.129. The van der Waals surface area contributed by atoms with Crippen LogP contribution in [0.3, 0.4) is 0 Å². The highest BCUT2D eigenvalue weighted by Crippen LogP contribution is 2.32. The zero-order valence-electron chi connectivity index (χ0n) is 15.0. The van der Waals surface area contributed by atoms with E-state index in [4.69, 9.17) is 4.74 Å². The predicted octanol–water partition coefficient (Wildman–Crippen LogP) is 2.52. The second kappa shape index (κ2) is 6.98. The summed E-state index contributed by atoms with van der Waals surface area (Å²) in [6.07, 6.45) is 3.21. The number of nitrogens with zero attached hydrogens (tertiary/aromatic N) is 1. The van der Waals surface area contributed by atoms with Crippen molar-refractivity contribution in [1.29, 1.82) is 0 Å². The van der Waals surface area contributed by atoms with Gasteiger partial charge >= 0.3 is 0 Å². The fourth-order valence-corrected chi connectivity index (χ4v) is 3.87. The van der Waals surface area contributed by atoms with Crippen molar-refractivity contribution < 1.29 is 14.3 Å². The van der Waals surface area contributed by atoms with E-state index in [2.05, 4.69) is 17.4 Å². The average molecular weight is 352 g/mol. The number of hydrogen-bond acceptors (Lipinski definition) is 3. The van der Waals surface area contributed by atoms with E-state index in [-0.39, 0.29) is 17.7 Å². The molecule has 136 valence electrons. The molecule has 0 aromatic heterocycles. The third kappa shape index (κ3) is 3.26. The van der Waals surface area contributed by atoms with Gasteiger partial charge in [0.15, 0.2) is 0 Å². The number of methoxy groups -OCH3 is 1. The number of nitrogens with one attached hydrogen (secondary N) is 1. The number of ether oxygens (including phenoxy) is 1. The highest BCUT2D eigenvalue weighted by Gasteiger charge is 2.41. The van der Waals surface area contributed by atoms with Crippen molar-refractivity contribution in [3.05, 3.63) is 42.0 Å². The van der Waals surface area contributed by atoms with E-state index >= 15 is 0 Å². The molecule has 0 bridgehead atoms. The maximum Gasteiger partial charge on any atom is 0.225 e. The van der Waals surface area contributed by atoms with Crippen molar-refractivity contribution in [3.8, 4) is 5.75 Å². The van der Waals surface area contributed by atoms with E-state index in [0.29, 0.717) is 32.0 Å². The molecule has 2 fully saturated rings. The molecule has 5 heteroatoms. The smallest absolute Gasteiger partial charge is 0.225 e. The van der Waals surface area contributed by atoms with Gasteiger partial charge in [0.1, 0.15) is 5.75 Å². The minimum Gasteiger partial charge on any atom is -0.496 e. The van der Waals surface area contributed by atoms with Crippen molar-refractivity contribution in [3.63, 3.8) is 0 Å². The summed E-state index contributed by atoms with van der Waals surface area (Å²) in [5, 5.41) is 5.33. The largest absolute Gasteiger partial charge is 0.496 e. The molecule has 1 heterocycles. The van der Waals surface area contributed by atoms with Gasteiger partial charge in [0.05, 0.1) is 13.0 Å². The van der Waals surface area contributed by atoms with E-state index in [0.717, 1.165) is 34.9 Å². The molecule has 2 aromatic rings. The molecule has 1 atom stereocenters. The third-order valence-electron chi connectivity index (χ3n) is 5.41. The number of rotatable bonds is 6. The minimum absolute atomic E-state index is 0.0132. The number of benzene rings is 2. The number of hydrogen-bond donors (Lipinski definition) is 1. The molecular formula is C21H24N2O3. The van der Waals surface area contributed by atoms with Crippen LogP contribution in [0.1, 0.15) is 24.8 Å². The van der Waals surface area contributed by atoms with E-state index in [1.165, 1.54) is 0 Å². The Morgan fingerprint density at radius 1 is 1.23 bits per heavy atom. The number of amides is 2. The van der Waals surface area contributed by atoms with Gasteiger partial charge in [-0.05, 0) is 36.1 Å². The molecule has 1 aliphatic heterocycles. The minimum atomic E-state index is -0.211. The molecule has 0 radical (unpaired) electrons. The van der Waals surface area contributed by atoms with Gasteiger partial charge in [0.25, 0.3) is 0 Å². The van der Waals surface area contributed by atoms with Gasteiger partial charge in [-0.2, -0.15) is 0 Å². The second-order valence-corrected chi connectivity index (χ2v) is 7.19. The van der Waals surface area contributed by atoms with Gasteiger partial charge in [0.2, 0.25) is 11.8 Å². The third-order valence-corrected chi connectivity index (χ3v) is 5.41. The number of fused-ring (bicyclic) bond motifs is 1. The highest BCUT2D eigenvalue weighted by atomic mass is 16.5. The maximum absolute atomic E-state index is 12.5. The summed E-state index contributed by atoms with van der Waals surface area (Å²) in [5.41, 5.74) is 1.10. The van der Waals surface area contributed by atoms with Crippen LogP contribution >= 0.6 is 0 Å². The second-order valence-electron chi connectivity index (χ2n) is 7.19. The Labute approximate surface area is 153 Å². The van der Waals surface area contributed by atoms with Gasteiger partial charge in [-0.3, -0.25) is 9.59 Å². The first kappa shape index (κ1) is 16.9. The Kier molecular flexibility index (Phi) is 4.53. The summed E-state index contributed by atoms with van der Waals surface area (Å²) in [4.78, 5) is 26.4. The molecule has 2 aliphatic rings. The lowest BCUT2D eigenvalue weighted by atomic mass is 10.0. The first-order valence-corrected chi connectivity index (χ1v) is 9.29. The van der Waals surface area contributed by atoms with Crippen LogP contribution in [-0.4, -0.2) is 43.0 Å². The van der Waals surface area contributed by atoms with Crippen molar-refractivity contribution >= 4 is 22.6 Å². The Hall–Kier alpha value is -2.56. The predicted molar refractivity (Wildman–Crippen MR) is 100 cm³/mol. The summed E-state index contributed by atoms with van der Waals surface area (Å²) >= 11 is 0. The van der Waals surface area contributed by atoms with Crippen molar-refractivity contribution in [2.24, 2.45) is 5.92 Å². The van der Waals surface area contributed by atoms with Crippen LogP contribution in [0, 0.1) is 5.92 Å². The van der Waals surface area contributed by atoms with Crippen molar-refractivity contribution in [2.45, 2.75) is 31.7 Å². The van der Waals surface area contributed by atoms with Crippen molar-refractivity contribution in [1.82, 2.24) is 10.2 Å². The van der Waals surface area contributed by atoms with E-state index < -0.39 is 0 Å². The Morgan fingerprint density at radius 3 is 2.81 bits per heavy atom. The van der Waals surface area contributed by atoms with Crippen LogP contribution in [0.2, 0.25) is 0 Å². The van der Waals surface area contributed by atoms with Gasteiger partial charge in [0, 0.05) is 31.1 Å². The van der Waals surface area contributed by atoms with Crippen LogP contribution in [0.15, 0.2) is 36.4 Å². The van der Waals surface area contributed by atoms with Crippen LogP contribution < -0.4 is 10.1 Å². The number of likely N-dealkylation sites (tertiary alicyclic amines) is 1. The van der Waals surface area contributed by atoms with E-state index in [1.807, 2.05) is 29.2 Å². The lowest BCUT2D eigenvalue weighted by Crippen LogP contribution is -2.34. The monoisotopic (exact) mass is 352 g/mol. The first-order chi connectivity index (χ1) is 12.7. The fraction of sp³-hybridized carbons (Fsp3) is 0.429. The molecule has 2 aromatic carbocycles. The summed E-state index contributed by atoms with van der Waals surface area (Å²) < 4.78 is 5.51. The molecule has 1 saturated heterocycles. The molecular weight excluding hydrogens is 328 g/mol. The molecule has 5 nitrogen and oxygen atoms in total. The molecule has 1 aliphatic carbocycles. The lowest BCUT2D eigenvalue weighted by Gasteiger charge is -2.16. The average Bonchev–Trinajstić information content (AvgIpc) is 3.43. The van der Waals surface area contributed by atoms with E-state index in [9.17, 15) is 9.59 Å². The summed E-state index contributed by atoms with van der Waals surface area (Å²) in [6, 6.07) is 12.6. The van der Waals surface area contributed by atoms with Gasteiger partial charge < -0.3 is 15.0 Å². The van der Waals surface area contributed by atoms with Gasteiger partial charge in [-0.25, -0.2) is 0 Å². The molecule has 0 spiro atoms. The number of carbonyl (C=O) groups excluding carboxylic acids is 2. The van der Waals surface area contributed by atoms with Crippen LogP contribution in [0.25, 0.3) is 10.8 Å². The summed E-state index contributed by atoms with van der Waals surface area (Å²) in [5.74, 6) is 0.746. The quantitative estimate of drug-likeness (QED) is 0.869. The highest BCUT2D eigenvalue weighted by molar-refractivity contribution is 5.90. The van der Waals surface area contributed by atoms with Gasteiger partial charge in [-0.1, -0.05) is 30.3 Å². The first-order valence-electron chi connectivity index (χ1n) is 9.29. The molecule has 2 amide bonds. The van der Waals surface area contributed by atoms with Crippen LogP contribution in [0.5, 0.6) is 5.75 Å².